The Morgan fingerprint density at radius 2 is 2.18 bits per heavy atom. The van der Waals surface area contributed by atoms with Crippen LogP contribution in [0.15, 0.2) is 24.3 Å². The summed E-state index contributed by atoms with van der Waals surface area (Å²) in [6, 6.07) is 8.40. The van der Waals surface area contributed by atoms with E-state index in [0.717, 1.165) is 23.4 Å². The van der Waals surface area contributed by atoms with Gasteiger partial charge in [-0.25, -0.2) is 12.7 Å². The van der Waals surface area contributed by atoms with Gasteiger partial charge in [-0.2, -0.15) is 0 Å². The van der Waals surface area contributed by atoms with Crippen molar-refractivity contribution >= 4 is 21.6 Å². The van der Waals surface area contributed by atoms with Crippen LogP contribution in [0.1, 0.15) is 38.3 Å². The lowest BCUT2D eigenvalue weighted by molar-refractivity contribution is 0.193. The van der Waals surface area contributed by atoms with Crippen molar-refractivity contribution < 1.29 is 8.42 Å². The van der Waals surface area contributed by atoms with E-state index in [4.69, 9.17) is 11.6 Å². The maximum absolute atomic E-state index is 11.7. The van der Waals surface area contributed by atoms with E-state index in [9.17, 15) is 8.42 Å². The van der Waals surface area contributed by atoms with Crippen LogP contribution in [-0.4, -0.2) is 38.1 Å². The zero-order chi connectivity index (χ0) is 16.3. The van der Waals surface area contributed by atoms with Gasteiger partial charge in [0.05, 0.1) is 6.26 Å². The summed E-state index contributed by atoms with van der Waals surface area (Å²) >= 11 is 6.06. The van der Waals surface area contributed by atoms with E-state index >= 15 is 0 Å². The number of hydrogen-bond acceptors (Lipinski definition) is 3. The van der Waals surface area contributed by atoms with Crippen LogP contribution in [-0.2, 0) is 10.0 Å². The van der Waals surface area contributed by atoms with Gasteiger partial charge in [-0.15, -0.1) is 0 Å². The molecule has 6 heteroatoms. The van der Waals surface area contributed by atoms with E-state index in [0.29, 0.717) is 25.0 Å². The predicted octanol–water partition coefficient (Wildman–Crippen LogP) is 3.05. The van der Waals surface area contributed by atoms with Crippen LogP contribution in [0.4, 0.5) is 0 Å². The average molecular weight is 345 g/mol. The fourth-order valence-corrected chi connectivity index (χ4v) is 4.22. The maximum atomic E-state index is 11.7. The third kappa shape index (κ3) is 4.44. The third-order valence-corrected chi connectivity index (χ3v) is 6.01. The Bertz CT molecular complexity index is 606. The second-order valence-electron chi connectivity index (χ2n) is 6.13. The monoisotopic (exact) mass is 344 g/mol. The number of piperidine rings is 1. The molecule has 1 fully saturated rings. The van der Waals surface area contributed by atoms with Gasteiger partial charge in [0.1, 0.15) is 0 Å². The fraction of sp³-hybridized carbons (Fsp3) is 0.625. The number of hydrogen-bond donors (Lipinski definition) is 1. The Morgan fingerprint density at radius 3 is 2.77 bits per heavy atom. The van der Waals surface area contributed by atoms with Crippen LogP contribution >= 0.6 is 11.6 Å². The van der Waals surface area contributed by atoms with Gasteiger partial charge in [0.25, 0.3) is 0 Å². The highest BCUT2D eigenvalue weighted by atomic mass is 35.5. The number of rotatable bonds is 5. The summed E-state index contributed by atoms with van der Waals surface area (Å²) in [5, 5.41) is 4.40. The molecule has 0 aromatic heterocycles. The molecule has 1 saturated heterocycles. The Hall–Kier alpha value is -0.620. The first kappa shape index (κ1) is 17.7. The molecular weight excluding hydrogens is 320 g/mol. The van der Waals surface area contributed by atoms with E-state index in [1.807, 2.05) is 18.2 Å². The molecule has 4 nitrogen and oxygen atoms in total. The first-order valence-electron chi connectivity index (χ1n) is 7.78. The van der Waals surface area contributed by atoms with Crippen molar-refractivity contribution in [3.05, 3.63) is 34.9 Å². The van der Waals surface area contributed by atoms with Crippen molar-refractivity contribution in [2.45, 2.75) is 38.8 Å². The smallest absolute Gasteiger partial charge is 0.211 e. The molecule has 1 N–H and O–H groups in total. The summed E-state index contributed by atoms with van der Waals surface area (Å²) in [6.07, 6.45) is 3.10. The highest BCUT2D eigenvalue weighted by molar-refractivity contribution is 7.88. The number of sulfonamides is 1. The van der Waals surface area contributed by atoms with Gasteiger partial charge >= 0.3 is 0 Å². The lowest BCUT2D eigenvalue weighted by Gasteiger charge is -2.38. The SMILES string of the molecule is CC[C@@H]1CN(S(C)(=O)=O)CC[C@@H]1N[C@@H](C)c1cccc(Cl)c1. The van der Waals surface area contributed by atoms with Crippen molar-refractivity contribution in [3.8, 4) is 0 Å². The molecule has 1 aliphatic rings. The summed E-state index contributed by atoms with van der Waals surface area (Å²) in [4.78, 5) is 0. The van der Waals surface area contributed by atoms with Crippen LogP contribution in [0.3, 0.4) is 0 Å². The molecule has 124 valence electrons. The molecule has 0 unspecified atom stereocenters. The van der Waals surface area contributed by atoms with E-state index in [1.165, 1.54) is 6.26 Å². The second kappa shape index (κ2) is 7.30. The molecule has 0 spiro atoms. The summed E-state index contributed by atoms with van der Waals surface area (Å²) in [6.45, 7) is 5.45. The normalized spacial score (nSPS) is 25.1. The molecule has 1 aliphatic heterocycles. The highest BCUT2D eigenvalue weighted by Crippen LogP contribution is 2.25. The van der Waals surface area contributed by atoms with Gasteiger partial charge in [0.15, 0.2) is 0 Å². The molecule has 0 aliphatic carbocycles. The van der Waals surface area contributed by atoms with E-state index in [-0.39, 0.29) is 6.04 Å². The Labute approximate surface area is 138 Å². The largest absolute Gasteiger partial charge is 0.307 e. The quantitative estimate of drug-likeness (QED) is 0.893. The van der Waals surface area contributed by atoms with Crippen molar-refractivity contribution in [2.24, 2.45) is 5.92 Å². The van der Waals surface area contributed by atoms with E-state index < -0.39 is 10.0 Å². The van der Waals surface area contributed by atoms with Gasteiger partial charge in [-0.3, -0.25) is 0 Å². The minimum absolute atomic E-state index is 0.197. The zero-order valence-corrected chi connectivity index (χ0v) is 15.0. The highest BCUT2D eigenvalue weighted by Gasteiger charge is 2.32. The first-order chi connectivity index (χ1) is 10.3. The number of benzene rings is 1. The number of nitrogens with zero attached hydrogens (tertiary/aromatic N) is 1. The van der Waals surface area contributed by atoms with Crippen molar-refractivity contribution in [1.29, 1.82) is 0 Å². The Morgan fingerprint density at radius 1 is 1.45 bits per heavy atom. The van der Waals surface area contributed by atoms with Crippen molar-refractivity contribution in [2.75, 3.05) is 19.3 Å². The third-order valence-electron chi connectivity index (χ3n) is 4.50. The van der Waals surface area contributed by atoms with Crippen molar-refractivity contribution in [1.82, 2.24) is 9.62 Å². The van der Waals surface area contributed by atoms with Gasteiger partial charge in [-0.05, 0) is 37.0 Å². The van der Waals surface area contributed by atoms with Crippen LogP contribution in [0.5, 0.6) is 0 Å². The van der Waals surface area contributed by atoms with E-state index in [1.54, 1.807) is 4.31 Å². The molecule has 2 rings (SSSR count). The number of halogens is 1. The van der Waals surface area contributed by atoms with Gasteiger partial charge in [-0.1, -0.05) is 37.1 Å². The molecule has 22 heavy (non-hydrogen) atoms. The van der Waals surface area contributed by atoms with Gasteiger partial charge in [0.2, 0.25) is 10.0 Å². The molecule has 0 amide bonds. The van der Waals surface area contributed by atoms with E-state index in [2.05, 4.69) is 25.2 Å². The fourth-order valence-electron chi connectivity index (χ4n) is 3.13. The maximum Gasteiger partial charge on any atom is 0.211 e. The van der Waals surface area contributed by atoms with Crippen LogP contribution in [0.25, 0.3) is 0 Å². The lowest BCUT2D eigenvalue weighted by atomic mass is 9.90. The predicted molar refractivity (Wildman–Crippen MR) is 91.6 cm³/mol. The molecule has 0 saturated carbocycles. The Balaban J connectivity index is 2.03. The van der Waals surface area contributed by atoms with Gasteiger partial charge < -0.3 is 5.32 Å². The van der Waals surface area contributed by atoms with Crippen LogP contribution in [0.2, 0.25) is 5.02 Å². The minimum Gasteiger partial charge on any atom is -0.307 e. The van der Waals surface area contributed by atoms with Crippen molar-refractivity contribution in [3.63, 3.8) is 0 Å². The summed E-state index contributed by atoms with van der Waals surface area (Å²) in [5.41, 5.74) is 1.16. The standard InChI is InChI=1S/C16H25ClN2O2S/c1-4-13-11-19(22(3,20)21)9-8-16(13)18-12(2)14-6-5-7-15(17)10-14/h5-7,10,12-13,16,18H,4,8-9,11H2,1-3H3/t12-,13+,16-/m0/s1. The number of nitrogens with one attached hydrogen (secondary N) is 1. The Kier molecular flexibility index (Phi) is 5.88. The topological polar surface area (TPSA) is 49.4 Å². The second-order valence-corrected chi connectivity index (χ2v) is 8.55. The van der Waals surface area contributed by atoms with Crippen LogP contribution < -0.4 is 5.32 Å². The zero-order valence-electron chi connectivity index (χ0n) is 13.4. The summed E-state index contributed by atoms with van der Waals surface area (Å²) < 4.78 is 25.1. The summed E-state index contributed by atoms with van der Waals surface area (Å²) in [5.74, 6) is 0.338. The molecular formula is C16H25ClN2O2S. The summed E-state index contributed by atoms with van der Waals surface area (Å²) in [7, 11) is -3.09. The molecule has 1 heterocycles. The molecule has 1 aromatic rings. The molecule has 0 radical (unpaired) electrons. The molecule has 0 bridgehead atoms. The lowest BCUT2D eigenvalue weighted by Crippen LogP contribution is -2.51. The van der Waals surface area contributed by atoms with Gasteiger partial charge in [0, 0.05) is 30.2 Å². The average Bonchev–Trinajstić information content (AvgIpc) is 2.46. The first-order valence-corrected chi connectivity index (χ1v) is 10.0. The minimum atomic E-state index is -3.09. The molecule has 3 atom stereocenters. The van der Waals surface area contributed by atoms with Crippen LogP contribution in [0, 0.1) is 5.92 Å². The molecule has 1 aromatic carbocycles.